The van der Waals surface area contributed by atoms with E-state index in [9.17, 15) is 9.59 Å². The predicted octanol–water partition coefficient (Wildman–Crippen LogP) is -0.199. The molecule has 1 amide bonds. The number of nitrogens with zero attached hydrogens (tertiary/aromatic N) is 1. The van der Waals surface area contributed by atoms with E-state index >= 15 is 0 Å². The molecule has 0 heterocycles. The summed E-state index contributed by atoms with van der Waals surface area (Å²) in [6.07, 6.45) is 2.33. The molecular formula is C9H16N2O3. The molecule has 0 saturated heterocycles. The van der Waals surface area contributed by atoms with Crippen molar-refractivity contribution in [2.75, 3.05) is 13.1 Å². The molecule has 1 saturated carbocycles. The number of carboxylic acids is 1. The van der Waals surface area contributed by atoms with Gasteiger partial charge >= 0.3 is 5.97 Å². The molecule has 0 aromatic carbocycles. The van der Waals surface area contributed by atoms with Crippen LogP contribution in [-0.4, -0.2) is 41.0 Å². The summed E-state index contributed by atoms with van der Waals surface area (Å²) in [6, 6.07) is 0.272. The second-order valence-electron chi connectivity index (χ2n) is 3.50. The average molecular weight is 200 g/mol. The summed E-state index contributed by atoms with van der Waals surface area (Å²) in [7, 11) is 0. The van der Waals surface area contributed by atoms with Crippen LogP contribution in [0.25, 0.3) is 0 Å². The van der Waals surface area contributed by atoms with Gasteiger partial charge < -0.3 is 15.7 Å². The smallest absolute Gasteiger partial charge is 0.305 e. The summed E-state index contributed by atoms with van der Waals surface area (Å²) in [5.41, 5.74) is 5.28. The number of nitrogens with two attached hydrogens (primary N) is 1. The molecule has 0 atom stereocenters. The first kappa shape index (κ1) is 11.0. The van der Waals surface area contributed by atoms with Crippen LogP contribution in [0.3, 0.4) is 0 Å². The molecule has 1 rings (SSSR count). The van der Waals surface area contributed by atoms with Crippen LogP contribution in [0.5, 0.6) is 0 Å². The number of amides is 1. The molecule has 14 heavy (non-hydrogen) atoms. The molecule has 3 N–H and O–H groups in total. The highest BCUT2D eigenvalue weighted by atomic mass is 16.4. The molecule has 0 aromatic heterocycles. The van der Waals surface area contributed by atoms with E-state index in [1.165, 1.54) is 0 Å². The van der Waals surface area contributed by atoms with Gasteiger partial charge in [0.1, 0.15) is 0 Å². The van der Waals surface area contributed by atoms with Gasteiger partial charge in [0.2, 0.25) is 5.91 Å². The van der Waals surface area contributed by atoms with E-state index in [0.717, 1.165) is 12.8 Å². The summed E-state index contributed by atoms with van der Waals surface area (Å²) in [6.45, 7) is 0.647. The van der Waals surface area contributed by atoms with Gasteiger partial charge in [-0.05, 0) is 12.8 Å². The number of rotatable bonds is 6. The number of carbonyl (C=O) groups is 2. The Balaban J connectivity index is 2.38. The molecule has 1 aliphatic rings. The Morgan fingerprint density at radius 2 is 2.00 bits per heavy atom. The van der Waals surface area contributed by atoms with Crippen molar-refractivity contribution in [3.63, 3.8) is 0 Å². The third kappa shape index (κ3) is 3.33. The Morgan fingerprint density at radius 3 is 2.43 bits per heavy atom. The van der Waals surface area contributed by atoms with Crippen LogP contribution >= 0.6 is 0 Å². The second kappa shape index (κ2) is 4.95. The van der Waals surface area contributed by atoms with Crippen LogP contribution in [0.1, 0.15) is 25.7 Å². The minimum atomic E-state index is -0.865. The van der Waals surface area contributed by atoms with Gasteiger partial charge in [-0.25, -0.2) is 0 Å². The van der Waals surface area contributed by atoms with Crippen molar-refractivity contribution in [2.24, 2.45) is 5.73 Å². The Hall–Kier alpha value is -1.10. The second-order valence-corrected chi connectivity index (χ2v) is 3.50. The van der Waals surface area contributed by atoms with Gasteiger partial charge in [0.15, 0.2) is 0 Å². The standard InChI is InChI=1S/C9H16N2O3/c10-5-3-8(12)11(7-1-2-7)6-4-9(13)14/h7H,1-6,10H2,(H,13,14). The highest BCUT2D eigenvalue weighted by Gasteiger charge is 2.31. The zero-order valence-corrected chi connectivity index (χ0v) is 8.11. The number of carbonyl (C=O) groups excluding carboxylic acids is 1. The van der Waals surface area contributed by atoms with Crippen LogP contribution in [-0.2, 0) is 9.59 Å². The minimum Gasteiger partial charge on any atom is -0.481 e. The van der Waals surface area contributed by atoms with Crippen LogP contribution < -0.4 is 5.73 Å². The first-order chi connectivity index (χ1) is 6.65. The molecule has 1 aliphatic carbocycles. The Labute approximate surface area is 82.9 Å². The SMILES string of the molecule is NCCC(=O)N(CCC(=O)O)C1CC1. The lowest BCUT2D eigenvalue weighted by atomic mass is 10.3. The van der Waals surface area contributed by atoms with Crippen molar-refractivity contribution in [2.45, 2.75) is 31.7 Å². The third-order valence-electron chi connectivity index (χ3n) is 2.23. The molecule has 0 unspecified atom stereocenters. The van der Waals surface area contributed by atoms with Gasteiger partial charge in [0.05, 0.1) is 6.42 Å². The summed E-state index contributed by atoms with van der Waals surface area (Å²) in [5, 5.41) is 8.51. The number of hydrogen-bond donors (Lipinski definition) is 2. The summed E-state index contributed by atoms with van der Waals surface area (Å²) >= 11 is 0. The third-order valence-corrected chi connectivity index (χ3v) is 2.23. The largest absolute Gasteiger partial charge is 0.481 e. The van der Waals surface area contributed by atoms with Crippen molar-refractivity contribution in [1.29, 1.82) is 0 Å². The summed E-state index contributed by atoms with van der Waals surface area (Å²) in [5.74, 6) is -0.882. The van der Waals surface area contributed by atoms with Crippen molar-refractivity contribution < 1.29 is 14.7 Å². The van der Waals surface area contributed by atoms with Crippen LogP contribution in [0, 0.1) is 0 Å². The van der Waals surface area contributed by atoms with Crippen molar-refractivity contribution >= 4 is 11.9 Å². The molecular weight excluding hydrogens is 184 g/mol. The van der Waals surface area contributed by atoms with Crippen molar-refractivity contribution in [3.8, 4) is 0 Å². The Kier molecular flexibility index (Phi) is 3.88. The molecule has 5 heteroatoms. The van der Waals surface area contributed by atoms with E-state index in [2.05, 4.69) is 0 Å². The van der Waals surface area contributed by atoms with Crippen LogP contribution in [0.4, 0.5) is 0 Å². The molecule has 1 fully saturated rings. The highest BCUT2D eigenvalue weighted by Crippen LogP contribution is 2.27. The van der Waals surface area contributed by atoms with E-state index in [4.69, 9.17) is 10.8 Å². The molecule has 5 nitrogen and oxygen atoms in total. The van der Waals surface area contributed by atoms with E-state index in [1.54, 1.807) is 4.90 Å². The van der Waals surface area contributed by atoms with Crippen LogP contribution in [0.15, 0.2) is 0 Å². The van der Waals surface area contributed by atoms with Gasteiger partial charge in [0.25, 0.3) is 0 Å². The van der Waals surface area contributed by atoms with E-state index in [1.807, 2.05) is 0 Å². The average Bonchev–Trinajstić information content (AvgIpc) is 2.88. The highest BCUT2D eigenvalue weighted by molar-refractivity contribution is 5.77. The quantitative estimate of drug-likeness (QED) is 0.622. The fourth-order valence-electron chi connectivity index (χ4n) is 1.38. The zero-order valence-electron chi connectivity index (χ0n) is 8.11. The maximum absolute atomic E-state index is 11.5. The fraction of sp³-hybridized carbons (Fsp3) is 0.778. The molecule has 80 valence electrons. The zero-order chi connectivity index (χ0) is 10.6. The molecule has 0 aliphatic heterocycles. The number of carboxylic acid groups (broad SMARTS) is 1. The minimum absolute atomic E-state index is 0.0174. The maximum atomic E-state index is 11.5. The monoisotopic (exact) mass is 200 g/mol. The Bertz CT molecular complexity index is 226. The summed E-state index contributed by atoms with van der Waals surface area (Å²) < 4.78 is 0. The fourth-order valence-corrected chi connectivity index (χ4v) is 1.38. The number of hydrogen-bond acceptors (Lipinski definition) is 3. The van der Waals surface area contributed by atoms with Crippen LogP contribution in [0.2, 0.25) is 0 Å². The lowest BCUT2D eigenvalue weighted by molar-refractivity contribution is -0.138. The van der Waals surface area contributed by atoms with Gasteiger partial charge in [-0.3, -0.25) is 9.59 Å². The predicted molar refractivity (Wildman–Crippen MR) is 50.7 cm³/mol. The first-order valence-corrected chi connectivity index (χ1v) is 4.86. The maximum Gasteiger partial charge on any atom is 0.305 e. The lowest BCUT2D eigenvalue weighted by Crippen LogP contribution is -2.35. The number of aliphatic carboxylic acids is 1. The molecule has 0 aromatic rings. The topological polar surface area (TPSA) is 83.6 Å². The van der Waals surface area contributed by atoms with Gasteiger partial charge in [-0.2, -0.15) is 0 Å². The molecule has 0 radical (unpaired) electrons. The first-order valence-electron chi connectivity index (χ1n) is 4.86. The lowest BCUT2D eigenvalue weighted by Gasteiger charge is -2.21. The van der Waals surface area contributed by atoms with Crippen molar-refractivity contribution in [3.05, 3.63) is 0 Å². The van der Waals surface area contributed by atoms with E-state index in [0.29, 0.717) is 19.5 Å². The summed E-state index contributed by atoms with van der Waals surface area (Å²) in [4.78, 5) is 23.5. The molecule has 0 bridgehead atoms. The van der Waals surface area contributed by atoms with Crippen molar-refractivity contribution in [1.82, 2.24) is 4.90 Å². The van der Waals surface area contributed by atoms with E-state index < -0.39 is 5.97 Å². The van der Waals surface area contributed by atoms with Gasteiger partial charge in [-0.15, -0.1) is 0 Å². The molecule has 0 spiro atoms. The van der Waals surface area contributed by atoms with E-state index in [-0.39, 0.29) is 18.4 Å². The van der Waals surface area contributed by atoms with Gasteiger partial charge in [-0.1, -0.05) is 0 Å². The van der Waals surface area contributed by atoms with Gasteiger partial charge in [0, 0.05) is 25.6 Å². The normalized spacial score (nSPS) is 15.2. The Morgan fingerprint density at radius 1 is 1.36 bits per heavy atom.